The number of aromatic nitrogens is 1. The van der Waals surface area contributed by atoms with E-state index in [0.717, 1.165) is 10.9 Å². The van der Waals surface area contributed by atoms with Crippen molar-refractivity contribution in [1.29, 1.82) is 0 Å². The Morgan fingerprint density at radius 3 is 2.62 bits per heavy atom. The SMILES string of the molecule is COC(=O)c1ccc(NC(=O)Cc2noc3ccc(C)cc23)cc1. The summed E-state index contributed by atoms with van der Waals surface area (Å²) in [5.74, 6) is -0.630. The Morgan fingerprint density at radius 2 is 1.92 bits per heavy atom. The summed E-state index contributed by atoms with van der Waals surface area (Å²) >= 11 is 0. The third-order valence-corrected chi connectivity index (χ3v) is 3.62. The number of nitrogens with zero attached hydrogens (tertiary/aromatic N) is 1. The zero-order valence-electron chi connectivity index (χ0n) is 13.3. The van der Waals surface area contributed by atoms with Crippen molar-refractivity contribution in [3.8, 4) is 0 Å². The number of esters is 1. The fourth-order valence-corrected chi connectivity index (χ4v) is 2.39. The zero-order chi connectivity index (χ0) is 17.1. The number of aryl methyl sites for hydroxylation is 1. The van der Waals surface area contributed by atoms with Crippen molar-refractivity contribution in [2.24, 2.45) is 0 Å². The van der Waals surface area contributed by atoms with Gasteiger partial charge in [0.15, 0.2) is 5.58 Å². The molecule has 0 unspecified atom stereocenters. The molecule has 6 heteroatoms. The van der Waals surface area contributed by atoms with Crippen molar-refractivity contribution < 1.29 is 18.8 Å². The van der Waals surface area contributed by atoms with Crippen molar-refractivity contribution in [2.45, 2.75) is 13.3 Å². The predicted octanol–water partition coefficient (Wildman–Crippen LogP) is 3.10. The Balaban J connectivity index is 1.71. The molecule has 0 bridgehead atoms. The topological polar surface area (TPSA) is 81.4 Å². The highest BCUT2D eigenvalue weighted by atomic mass is 16.5. The highest BCUT2D eigenvalue weighted by Crippen LogP contribution is 2.20. The number of ether oxygens (including phenoxy) is 1. The van der Waals surface area contributed by atoms with Crippen LogP contribution in [0.4, 0.5) is 5.69 Å². The first-order valence-corrected chi connectivity index (χ1v) is 7.40. The minimum Gasteiger partial charge on any atom is -0.465 e. The van der Waals surface area contributed by atoms with Crippen LogP contribution in [-0.4, -0.2) is 24.1 Å². The van der Waals surface area contributed by atoms with Gasteiger partial charge in [-0.25, -0.2) is 4.79 Å². The van der Waals surface area contributed by atoms with E-state index >= 15 is 0 Å². The van der Waals surface area contributed by atoms with Crippen LogP contribution in [0.25, 0.3) is 11.0 Å². The van der Waals surface area contributed by atoms with Crippen molar-refractivity contribution in [3.05, 3.63) is 59.3 Å². The van der Waals surface area contributed by atoms with Crippen LogP contribution in [0.15, 0.2) is 47.0 Å². The first kappa shape index (κ1) is 15.7. The second kappa shape index (κ2) is 6.54. The molecule has 0 atom stereocenters. The lowest BCUT2D eigenvalue weighted by Gasteiger charge is -2.05. The van der Waals surface area contributed by atoms with Gasteiger partial charge >= 0.3 is 5.97 Å². The molecular formula is C18H16N2O4. The van der Waals surface area contributed by atoms with E-state index in [1.807, 2.05) is 25.1 Å². The number of hydrogen-bond acceptors (Lipinski definition) is 5. The molecule has 1 aromatic heterocycles. The quantitative estimate of drug-likeness (QED) is 0.746. The van der Waals surface area contributed by atoms with E-state index in [-0.39, 0.29) is 12.3 Å². The highest BCUT2D eigenvalue weighted by Gasteiger charge is 2.13. The molecule has 1 amide bonds. The van der Waals surface area contributed by atoms with Gasteiger partial charge in [0.25, 0.3) is 0 Å². The Hall–Kier alpha value is -3.15. The van der Waals surface area contributed by atoms with Crippen LogP contribution in [0.1, 0.15) is 21.6 Å². The van der Waals surface area contributed by atoms with E-state index in [4.69, 9.17) is 4.52 Å². The van der Waals surface area contributed by atoms with E-state index in [0.29, 0.717) is 22.5 Å². The molecular weight excluding hydrogens is 308 g/mol. The number of benzene rings is 2. The maximum absolute atomic E-state index is 12.2. The number of anilines is 1. The predicted molar refractivity (Wildman–Crippen MR) is 88.9 cm³/mol. The zero-order valence-corrected chi connectivity index (χ0v) is 13.3. The molecule has 0 aliphatic heterocycles. The molecule has 24 heavy (non-hydrogen) atoms. The van der Waals surface area contributed by atoms with Gasteiger partial charge in [-0.3, -0.25) is 4.79 Å². The molecule has 3 rings (SSSR count). The Labute approximate surface area is 138 Å². The van der Waals surface area contributed by atoms with Gasteiger partial charge in [0.1, 0.15) is 5.69 Å². The Bertz CT molecular complexity index is 897. The molecule has 1 N–H and O–H groups in total. The van der Waals surface area contributed by atoms with Crippen molar-refractivity contribution >= 4 is 28.5 Å². The van der Waals surface area contributed by atoms with Gasteiger partial charge in [-0.15, -0.1) is 0 Å². The first-order chi connectivity index (χ1) is 11.6. The van der Waals surface area contributed by atoms with Crippen molar-refractivity contribution in [1.82, 2.24) is 5.16 Å². The molecule has 122 valence electrons. The van der Waals surface area contributed by atoms with Gasteiger partial charge in [-0.2, -0.15) is 0 Å². The van der Waals surface area contributed by atoms with E-state index in [1.165, 1.54) is 7.11 Å². The number of methoxy groups -OCH3 is 1. The summed E-state index contributed by atoms with van der Waals surface area (Å²) in [5, 5.41) is 7.58. The summed E-state index contributed by atoms with van der Waals surface area (Å²) in [6, 6.07) is 12.2. The molecule has 0 fully saturated rings. The van der Waals surface area contributed by atoms with Crippen molar-refractivity contribution in [2.75, 3.05) is 12.4 Å². The van der Waals surface area contributed by atoms with Gasteiger partial charge in [-0.05, 0) is 43.3 Å². The molecule has 2 aromatic carbocycles. The second-order valence-corrected chi connectivity index (χ2v) is 5.42. The number of nitrogens with one attached hydrogen (secondary N) is 1. The van der Waals surface area contributed by atoms with Gasteiger partial charge in [0.2, 0.25) is 5.91 Å². The summed E-state index contributed by atoms with van der Waals surface area (Å²) < 4.78 is 9.86. The van der Waals surface area contributed by atoms with Crippen LogP contribution in [0, 0.1) is 6.92 Å². The minimum absolute atomic E-state index is 0.106. The summed E-state index contributed by atoms with van der Waals surface area (Å²) in [7, 11) is 1.32. The van der Waals surface area contributed by atoms with Crippen LogP contribution in [0.2, 0.25) is 0 Å². The standard InChI is InChI=1S/C18H16N2O4/c1-11-3-8-16-14(9-11)15(20-24-16)10-17(21)19-13-6-4-12(5-7-13)18(22)23-2/h3-9H,10H2,1-2H3,(H,19,21). The summed E-state index contributed by atoms with van der Waals surface area (Å²) in [6.07, 6.45) is 0.106. The third-order valence-electron chi connectivity index (χ3n) is 3.62. The maximum Gasteiger partial charge on any atom is 0.337 e. The first-order valence-electron chi connectivity index (χ1n) is 7.40. The normalized spacial score (nSPS) is 10.6. The van der Waals surface area contributed by atoms with Crippen LogP contribution in [0.3, 0.4) is 0 Å². The Kier molecular flexibility index (Phi) is 4.29. The van der Waals surface area contributed by atoms with Crippen LogP contribution < -0.4 is 5.32 Å². The van der Waals surface area contributed by atoms with Gasteiger partial charge in [-0.1, -0.05) is 16.8 Å². The van der Waals surface area contributed by atoms with Crippen LogP contribution in [0.5, 0.6) is 0 Å². The number of amides is 1. The number of carbonyl (C=O) groups is 2. The average molecular weight is 324 g/mol. The third kappa shape index (κ3) is 3.27. The van der Waals surface area contributed by atoms with E-state index in [1.54, 1.807) is 24.3 Å². The van der Waals surface area contributed by atoms with E-state index in [2.05, 4.69) is 15.2 Å². The summed E-state index contributed by atoms with van der Waals surface area (Å²) in [5.41, 5.74) is 3.35. The fourth-order valence-electron chi connectivity index (χ4n) is 2.39. The molecule has 6 nitrogen and oxygen atoms in total. The minimum atomic E-state index is -0.419. The molecule has 0 radical (unpaired) electrons. The maximum atomic E-state index is 12.2. The second-order valence-electron chi connectivity index (χ2n) is 5.42. The molecule has 3 aromatic rings. The number of hydrogen-bond donors (Lipinski definition) is 1. The summed E-state index contributed by atoms with van der Waals surface area (Å²) in [4.78, 5) is 23.6. The molecule has 0 aliphatic carbocycles. The van der Waals surface area contributed by atoms with E-state index in [9.17, 15) is 9.59 Å². The smallest absolute Gasteiger partial charge is 0.337 e. The largest absolute Gasteiger partial charge is 0.465 e. The van der Waals surface area contributed by atoms with Gasteiger partial charge in [0, 0.05) is 11.1 Å². The summed E-state index contributed by atoms with van der Waals surface area (Å²) in [6.45, 7) is 1.97. The van der Waals surface area contributed by atoms with Gasteiger partial charge in [0.05, 0.1) is 19.1 Å². The number of rotatable bonds is 4. The number of carbonyl (C=O) groups excluding carboxylic acids is 2. The monoisotopic (exact) mass is 324 g/mol. The molecule has 0 aliphatic rings. The van der Waals surface area contributed by atoms with Gasteiger partial charge < -0.3 is 14.6 Å². The van der Waals surface area contributed by atoms with Crippen LogP contribution >= 0.6 is 0 Å². The fraction of sp³-hybridized carbons (Fsp3) is 0.167. The van der Waals surface area contributed by atoms with Crippen molar-refractivity contribution in [3.63, 3.8) is 0 Å². The molecule has 0 saturated heterocycles. The molecule has 0 saturated carbocycles. The van der Waals surface area contributed by atoms with Crippen LogP contribution in [-0.2, 0) is 16.0 Å². The number of fused-ring (bicyclic) bond motifs is 1. The molecule has 0 spiro atoms. The highest BCUT2D eigenvalue weighted by molar-refractivity contribution is 5.95. The lowest BCUT2D eigenvalue weighted by molar-refractivity contribution is -0.115. The lowest BCUT2D eigenvalue weighted by atomic mass is 10.1. The Morgan fingerprint density at radius 1 is 1.17 bits per heavy atom. The lowest BCUT2D eigenvalue weighted by Crippen LogP contribution is -2.15. The van der Waals surface area contributed by atoms with E-state index < -0.39 is 5.97 Å². The molecule has 1 heterocycles. The average Bonchev–Trinajstić information content (AvgIpc) is 2.97.